The van der Waals surface area contributed by atoms with E-state index in [1.807, 2.05) is 26.1 Å². The Kier molecular flexibility index (Phi) is 5.92. The maximum atomic E-state index is 12.5. The van der Waals surface area contributed by atoms with E-state index in [0.717, 1.165) is 17.0 Å². The predicted octanol–water partition coefficient (Wildman–Crippen LogP) is 3.45. The number of amides is 1. The van der Waals surface area contributed by atoms with Gasteiger partial charge in [0.1, 0.15) is 12.4 Å². The number of nitro benzene ring substituents is 1. The molecular weight excluding hydrogens is 372 g/mol. The minimum atomic E-state index is -0.423. The molecule has 29 heavy (non-hydrogen) atoms. The summed E-state index contributed by atoms with van der Waals surface area (Å²) in [5.41, 5.74) is 3.77. The zero-order valence-electron chi connectivity index (χ0n) is 16.5. The van der Waals surface area contributed by atoms with Crippen LogP contribution in [-0.4, -0.2) is 20.6 Å². The Morgan fingerprint density at radius 3 is 2.66 bits per heavy atom. The first-order valence-electron chi connectivity index (χ1n) is 9.08. The largest absolute Gasteiger partial charge is 0.489 e. The summed E-state index contributed by atoms with van der Waals surface area (Å²) < 4.78 is 7.47. The molecule has 8 nitrogen and oxygen atoms in total. The van der Waals surface area contributed by atoms with Crippen LogP contribution in [0, 0.1) is 24.0 Å². The summed E-state index contributed by atoms with van der Waals surface area (Å²) in [4.78, 5) is 22.9. The van der Waals surface area contributed by atoms with E-state index < -0.39 is 4.92 Å². The minimum absolute atomic E-state index is 0.0552. The van der Waals surface area contributed by atoms with Gasteiger partial charge in [-0.05, 0) is 49.7 Å². The van der Waals surface area contributed by atoms with Crippen molar-refractivity contribution in [2.45, 2.75) is 27.0 Å². The third-order valence-electron chi connectivity index (χ3n) is 4.49. The molecule has 0 aliphatic carbocycles. The summed E-state index contributed by atoms with van der Waals surface area (Å²) in [5, 5.41) is 18.1. The van der Waals surface area contributed by atoms with E-state index in [1.54, 1.807) is 41.9 Å². The monoisotopic (exact) mass is 394 g/mol. The van der Waals surface area contributed by atoms with Crippen LogP contribution in [0.1, 0.15) is 32.9 Å². The maximum Gasteiger partial charge on any atom is 0.272 e. The topological polar surface area (TPSA) is 99.3 Å². The van der Waals surface area contributed by atoms with Crippen LogP contribution in [0.2, 0.25) is 0 Å². The average molecular weight is 394 g/mol. The number of nitrogens with zero attached hydrogens (tertiary/aromatic N) is 3. The van der Waals surface area contributed by atoms with Gasteiger partial charge in [-0.25, -0.2) is 0 Å². The summed E-state index contributed by atoms with van der Waals surface area (Å²) in [7, 11) is 1.84. The fraction of sp³-hybridized carbons (Fsp3) is 0.238. The van der Waals surface area contributed by atoms with Gasteiger partial charge in [0.05, 0.1) is 22.9 Å². The lowest BCUT2D eigenvalue weighted by molar-refractivity contribution is -0.385. The smallest absolute Gasteiger partial charge is 0.272 e. The van der Waals surface area contributed by atoms with Crippen molar-refractivity contribution in [3.8, 4) is 5.75 Å². The molecule has 0 spiro atoms. The van der Waals surface area contributed by atoms with E-state index in [1.165, 1.54) is 6.07 Å². The fourth-order valence-electron chi connectivity index (χ4n) is 2.99. The van der Waals surface area contributed by atoms with Crippen LogP contribution in [0.15, 0.2) is 48.5 Å². The van der Waals surface area contributed by atoms with Crippen LogP contribution >= 0.6 is 0 Å². The van der Waals surface area contributed by atoms with Crippen LogP contribution in [-0.2, 0) is 20.2 Å². The molecule has 3 rings (SSSR count). The number of rotatable bonds is 7. The fourth-order valence-corrected chi connectivity index (χ4v) is 2.99. The first-order valence-corrected chi connectivity index (χ1v) is 9.08. The van der Waals surface area contributed by atoms with Crippen LogP contribution in [0.4, 0.5) is 5.69 Å². The second-order valence-corrected chi connectivity index (χ2v) is 6.78. The zero-order chi connectivity index (χ0) is 21.0. The summed E-state index contributed by atoms with van der Waals surface area (Å²) in [6, 6.07) is 13.7. The number of hydrogen-bond donors (Lipinski definition) is 1. The van der Waals surface area contributed by atoms with Gasteiger partial charge in [0.15, 0.2) is 0 Å². The van der Waals surface area contributed by atoms with Crippen LogP contribution < -0.4 is 10.1 Å². The molecule has 0 unspecified atom stereocenters. The Balaban J connectivity index is 1.61. The lowest BCUT2D eigenvalue weighted by atomic mass is 10.1. The molecular formula is C21H22N4O4. The van der Waals surface area contributed by atoms with E-state index in [9.17, 15) is 14.9 Å². The lowest BCUT2D eigenvalue weighted by Crippen LogP contribution is -2.24. The molecule has 0 saturated carbocycles. The Hall–Kier alpha value is -3.68. The van der Waals surface area contributed by atoms with Gasteiger partial charge >= 0.3 is 0 Å². The Morgan fingerprint density at radius 1 is 1.21 bits per heavy atom. The van der Waals surface area contributed by atoms with Gasteiger partial charge in [-0.15, -0.1) is 0 Å². The molecule has 0 atom stereocenters. The van der Waals surface area contributed by atoms with Gasteiger partial charge in [0, 0.05) is 24.2 Å². The highest BCUT2D eigenvalue weighted by Gasteiger charge is 2.11. The van der Waals surface area contributed by atoms with Gasteiger partial charge in [-0.1, -0.05) is 12.1 Å². The molecule has 1 N–H and O–H groups in total. The van der Waals surface area contributed by atoms with Crippen molar-refractivity contribution >= 4 is 11.6 Å². The molecule has 150 valence electrons. The first-order chi connectivity index (χ1) is 13.8. The number of carbonyl (C=O) groups excluding carboxylic acids is 1. The number of hydrogen-bond acceptors (Lipinski definition) is 5. The van der Waals surface area contributed by atoms with Crippen LogP contribution in [0.5, 0.6) is 5.75 Å². The van der Waals surface area contributed by atoms with Crippen molar-refractivity contribution in [1.29, 1.82) is 0 Å². The highest BCUT2D eigenvalue weighted by Crippen LogP contribution is 2.23. The predicted molar refractivity (Wildman–Crippen MR) is 108 cm³/mol. The summed E-state index contributed by atoms with van der Waals surface area (Å²) in [6.07, 6.45) is 0. The molecule has 0 aliphatic rings. The number of carbonyl (C=O) groups is 1. The number of aryl methyl sites for hydroxylation is 3. The standard InChI is InChI=1S/C21H22N4O4/c1-14-9-19(7-8-20(14)25(27)28)29-13-16-5-4-6-17(11-16)21(26)22-12-18-10-15(2)23-24(18)3/h4-11H,12-13H2,1-3H3,(H,22,26). The van der Waals surface area contributed by atoms with Crippen molar-refractivity contribution in [3.63, 3.8) is 0 Å². The minimum Gasteiger partial charge on any atom is -0.489 e. The third kappa shape index (κ3) is 4.98. The molecule has 3 aromatic rings. The second-order valence-electron chi connectivity index (χ2n) is 6.78. The number of nitrogens with one attached hydrogen (secondary N) is 1. The molecule has 8 heteroatoms. The van der Waals surface area contributed by atoms with E-state index in [0.29, 0.717) is 23.4 Å². The molecule has 1 amide bonds. The van der Waals surface area contributed by atoms with Crippen LogP contribution in [0.25, 0.3) is 0 Å². The average Bonchev–Trinajstić information content (AvgIpc) is 3.01. The molecule has 0 radical (unpaired) electrons. The molecule has 1 heterocycles. The van der Waals surface area contributed by atoms with Gasteiger partial charge < -0.3 is 10.1 Å². The Labute approximate surface area is 168 Å². The molecule has 2 aromatic carbocycles. The van der Waals surface area contributed by atoms with Crippen molar-refractivity contribution in [2.75, 3.05) is 0 Å². The van der Waals surface area contributed by atoms with Gasteiger partial charge in [0.2, 0.25) is 0 Å². The van der Waals surface area contributed by atoms with E-state index in [-0.39, 0.29) is 18.2 Å². The van der Waals surface area contributed by atoms with Gasteiger partial charge in [-0.3, -0.25) is 19.6 Å². The second kappa shape index (κ2) is 8.55. The zero-order valence-corrected chi connectivity index (χ0v) is 16.5. The van der Waals surface area contributed by atoms with E-state index in [4.69, 9.17) is 4.74 Å². The number of aromatic nitrogens is 2. The summed E-state index contributed by atoms with van der Waals surface area (Å²) in [6.45, 7) is 4.21. The van der Waals surface area contributed by atoms with E-state index >= 15 is 0 Å². The normalized spacial score (nSPS) is 10.6. The Bertz CT molecular complexity index is 1060. The van der Waals surface area contributed by atoms with Gasteiger partial charge in [0.25, 0.3) is 11.6 Å². The van der Waals surface area contributed by atoms with Gasteiger partial charge in [-0.2, -0.15) is 5.10 Å². The molecule has 0 saturated heterocycles. The first kappa shape index (κ1) is 20.1. The maximum absolute atomic E-state index is 12.5. The number of nitro groups is 1. The Morgan fingerprint density at radius 2 is 2.00 bits per heavy atom. The third-order valence-corrected chi connectivity index (χ3v) is 4.49. The SMILES string of the molecule is Cc1cc(CNC(=O)c2cccc(COc3ccc([N+](=O)[O-])c(C)c3)c2)n(C)n1. The summed E-state index contributed by atoms with van der Waals surface area (Å²) in [5.74, 6) is 0.353. The van der Waals surface area contributed by atoms with Crippen molar-refractivity contribution in [2.24, 2.45) is 7.05 Å². The molecule has 0 aliphatic heterocycles. The van der Waals surface area contributed by atoms with Crippen molar-refractivity contribution < 1.29 is 14.5 Å². The highest BCUT2D eigenvalue weighted by atomic mass is 16.6. The number of benzene rings is 2. The summed E-state index contributed by atoms with van der Waals surface area (Å²) >= 11 is 0. The molecule has 0 fully saturated rings. The van der Waals surface area contributed by atoms with E-state index in [2.05, 4.69) is 10.4 Å². The molecule has 0 bridgehead atoms. The quantitative estimate of drug-likeness (QED) is 0.489. The molecule has 1 aromatic heterocycles. The highest BCUT2D eigenvalue weighted by molar-refractivity contribution is 5.94. The van der Waals surface area contributed by atoms with Crippen molar-refractivity contribution in [1.82, 2.24) is 15.1 Å². The van der Waals surface area contributed by atoms with Crippen molar-refractivity contribution in [3.05, 3.63) is 86.7 Å². The number of ether oxygens (including phenoxy) is 1. The lowest BCUT2D eigenvalue weighted by Gasteiger charge is -2.09. The van der Waals surface area contributed by atoms with Crippen LogP contribution in [0.3, 0.4) is 0 Å².